The molecule has 23 heavy (non-hydrogen) atoms. The first-order valence-electron chi connectivity index (χ1n) is 7.28. The summed E-state index contributed by atoms with van der Waals surface area (Å²) in [7, 11) is 0. The van der Waals surface area contributed by atoms with Gasteiger partial charge in [-0.3, -0.25) is 0 Å². The number of nitrogens with zero attached hydrogens (tertiary/aromatic N) is 1. The summed E-state index contributed by atoms with van der Waals surface area (Å²) in [4.78, 5) is 16.0. The molecule has 0 unspecified atom stereocenters. The standard InChI is InChI=1S/C20H17NO2/c1-3-18(13-10-16-8-6-5-7-9-16)21-19-14-11-17(12-15-19)20(22)23-4-2/h1,5-15H,4H2,2H3/b13-10+,21-18?. The van der Waals surface area contributed by atoms with Crippen LogP contribution < -0.4 is 0 Å². The van der Waals surface area contributed by atoms with Gasteiger partial charge in [-0.05, 0) is 42.8 Å². The van der Waals surface area contributed by atoms with E-state index in [9.17, 15) is 4.79 Å². The van der Waals surface area contributed by atoms with E-state index >= 15 is 0 Å². The lowest BCUT2D eigenvalue weighted by Crippen LogP contribution is -2.03. The number of hydrogen-bond donors (Lipinski definition) is 0. The molecule has 2 aromatic carbocycles. The fourth-order valence-electron chi connectivity index (χ4n) is 1.88. The lowest BCUT2D eigenvalue weighted by Gasteiger charge is -2.01. The predicted molar refractivity (Wildman–Crippen MR) is 93.8 cm³/mol. The number of ether oxygens (including phenoxy) is 1. The van der Waals surface area contributed by atoms with E-state index in [0.29, 0.717) is 23.6 Å². The average molecular weight is 303 g/mol. The van der Waals surface area contributed by atoms with Crippen LogP contribution in [0.2, 0.25) is 0 Å². The maximum absolute atomic E-state index is 11.6. The number of rotatable bonds is 5. The van der Waals surface area contributed by atoms with Crippen molar-refractivity contribution < 1.29 is 9.53 Å². The SMILES string of the molecule is C#CC(/C=C/c1ccccc1)=Nc1ccc(C(=O)OCC)cc1. The Morgan fingerprint density at radius 3 is 2.48 bits per heavy atom. The Morgan fingerprint density at radius 1 is 1.17 bits per heavy atom. The van der Waals surface area contributed by atoms with E-state index in [1.807, 2.05) is 36.4 Å². The fraction of sp³-hybridized carbons (Fsp3) is 0.100. The zero-order valence-electron chi connectivity index (χ0n) is 12.9. The molecule has 0 aliphatic rings. The molecule has 0 N–H and O–H groups in total. The van der Waals surface area contributed by atoms with Gasteiger partial charge < -0.3 is 4.74 Å². The lowest BCUT2D eigenvalue weighted by molar-refractivity contribution is 0.0526. The van der Waals surface area contributed by atoms with Gasteiger partial charge in [0.05, 0.1) is 17.9 Å². The molecule has 0 aromatic heterocycles. The van der Waals surface area contributed by atoms with Crippen LogP contribution in [-0.4, -0.2) is 18.3 Å². The topological polar surface area (TPSA) is 38.7 Å². The molecule has 2 aromatic rings. The van der Waals surface area contributed by atoms with Crippen LogP contribution in [0.25, 0.3) is 6.08 Å². The van der Waals surface area contributed by atoms with E-state index in [1.165, 1.54) is 0 Å². The second kappa shape index (κ2) is 8.35. The number of hydrogen-bond acceptors (Lipinski definition) is 3. The Kier molecular flexibility index (Phi) is 5.90. The molecule has 0 aliphatic carbocycles. The number of benzene rings is 2. The van der Waals surface area contributed by atoms with Crippen LogP contribution in [-0.2, 0) is 4.74 Å². The molecule has 0 fully saturated rings. The van der Waals surface area contributed by atoms with Crippen LogP contribution in [0.3, 0.4) is 0 Å². The van der Waals surface area contributed by atoms with E-state index in [1.54, 1.807) is 37.3 Å². The first-order chi connectivity index (χ1) is 11.2. The maximum Gasteiger partial charge on any atom is 0.338 e. The van der Waals surface area contributed by atoms with Gasteiger partial charge in [-0.2, -0.15) is 0 Å². The van der Waals surface area contributed by atoms with E-state index in [4.69, 9.17) is 11.2 Å². The third-order valence-corrected chi connectivity index (χ3v) is 3.01. The molecule has 0 atom stereocenters. The van der Waals surface area contributed by atoms with Crippen LogP contribution in [0.15, 0.2) is 65.7 Å². The number of terminal acetylenes is 1. The number of esters is 1. The summed E-state index contributed by atoms with van der Waals surface area (Å²) in [6.07, 6.45) is 9.19. The van der Waals surface area contributed by atoms with Gasteiger partial charge in [0, 0.05) is 0 Å². The normalized spacial score (nSPS) is 11.2. The maximum atomic E-state index is 11.6. The van der Waals surface area contributed by atoms with Crippen molar-refractivity contribution in [1.82, 2.24) is 0 Å². The second-order valence-corrected chi connectivity index (χ2v) is 4.65. The molecule has 0 saturated carbocycles. The number of carbonyl (C=O) groups is 1. The quantitative estimate of drug-likeness (QED) is 0.470. The monoisotopic (exact) mass is 303 g/mol. The van der Waals surface area contributed by atoms with Crippen LogP contribution in [0, 0.1) is 12.3 Å². The summed E-state index contributed by atoms with van der Waals surface area (Å²) in [6.45, 7) is 2.12. The molecule has 3 heteroatoms. The Balaban J connectivity index is 2.14. The Labute approximate surface area is 136 Å². The molecule has 2 rings (SSSR count). The Morgan fingerprint density at radius 2 is 1.87 bits per heavy atom. The van der Waals surface area contributed by atoms with Crippen molar-refractivity contribution in [3.8, 4) is 12.3 Å². The second-order valence-electron chi connectivity index (χ2n) is 4.65. The molecule has 0 aliphatic heterocycles. The smallest absolute Gasteiger partial charge is 0.338 e. The van der Waals surface area contributed by atoms with Crippen molar-refractivity contribution in [2.45, 2.75) is 6.92 Å². The predicted octanol–water partition coefficient (Wildman–Crippen LogP) is 4.28. The van der Waals surface area contributed by atoms with Gasteiger partial charge in [0.25, 0.3) is 0 Å². The summed E-state index contributed by atoms with van der Waals surface area (Å²) < 4.78 is 4.94. The van der Waals surface area contributed by atoms with Gasteiger partial charge in [-0.15, -0.1) is 6.42 Å². The fourth-order valence-corrected chi connectivity index (χ4v) is 1.88. The summed E-state index contributed by atoms with van der Waals surface area (Å²) in [6, 6.07) is 16.7. The van der Waals surface area contributed by atoms with Crippen molar-refractivity contribution in [3.63, 3.8) is 0 Å². The minimum Gasteiger partial charge on any atom is -0.462 e. The molecule has 0 amide bonds. The van der Waals surface area contributed by atoms with E-state index in [2.05, 4.69) is 10.9 Å². The highest BCUT2D eigenvalue weighted by Crippen LogP contribution is 2.14. The molecule has 0 heterocycles. The van der Waals surface area contributed by atoms with Crippen LogP contribution >= 0.6 is 0 Å². The first-order valence-corrected chi connectivity index (χ1v) is 7.28. The highest BCUT2D eigenvalue weighted by molar-refractivity contribution is 6.11. The van der Waals surface area contributed by atoms with Crippen LogP contribution in [0.5, 0.6) is 0 Å². The summed E-state index contributed by atoms with van der Waals surface area (Å²) in [5.74, 6) is 2.21. The van der Waals surface area contributed by atoms with Gasteiger partial charge in [0.15, 0.2) is 0 Å². The van der Waals surface area contributed by atoms with Crippen molar-refractivity contribution in [3.05, 3.63) is 71.8 Å². The van der Waals surface area contributed by atoms with E-state index < -0.39 is 0 Å². The van der Waals surface area contributed by atoms with Crippen molar-refractivity contribution in [2.24, 2.45) is 4.99 Å². The molecular weight excluding hydrogens is 286 g/mol. The molecular formula is C20H17NO2. The summed E-state index contributed by atoms with van der Waals surface area (Å²) in [5.41, 5.74) is 2.74. The van der Waals surface area contributed by atoms with Crippen LogP contribution in [0.4, 0.5) is 5.69 Å². The highest BCUT2D eigenvalue weighted by atomic mass is 16.5. The third kappa shape index (κ3) is 4.98. The Bertz CT molecular complexity index is 750. The van der Waals surface area contributed by atoms with Gasteiger partial charge in [-0.25, -0.2) is 9.79 Å². The molecule has 0 spiro atoms. The number of allylic oxidation sites excluding steroid dienone is 1. The third-order valence-electron chi connectivity index (χ3n) is 3.01. The lowest BCUT2D eigenvalue weighted by atomic mass is 10.2. The minimum atomic E-state index is -0.343. The molecule has 0 saturated heterocycles. The van der Waals surface area contributed by atoms with Gasteiger partial charge in [-0.1, -0.05) is 42.3 Å². The largest absolute Gasteiger partial charge is 0.462 e. The number of aliphatic imine (C=N–C) groups is 1. The van der Waals surface area contributed by atoms with Crippen molar-refractivity contribution in [2.75, 3.05) is 6.61 Å². The molecule has 114 valence electrons. The van der Waals surface area contributed by atoms with Crippen molar-refractivity contribution in [1.29, 1.82) is 0 Å². The minimum absolute atomic E-state index is 0.343. The van der Waals surface area contributed by atoms with Gasteiger partial charge in [0.2, 0.25) is 0 Å². The highest BCUT2D eigenvalue weighted by Gasteiger charge is 2.05. The molecule has 3 nitrogen and oxygen atoms in total. The molecule has 0 bridgehead atoms. The van der Waals surface area contributed by atoms with Crippen molar-refractivity contribution >= 4 is 23.4 Å². The first kappa shape index (κ1) is 16.3. The van der Waals surface area contributed by atoms with Crippen LogP contribution in [0.1, 0.15) is 22.8 Å². The van der Waals surface area contributed by atoms with E-state index in [0.717, 1.165) is 5.56 Å². The summed E-state index contributed by atoms with van der Waals surface area (Å²) in [5, 5.41) is 0. The van der Waals surface area contributed by atoms with E-state index in [-0.39, 0.29) is 5.97 Å². The zero-order chi connectivity index (χ0) is 16.5. The average Bonchev–Trinajstić information content (AvgIpc) is 2.60. The summed E-state index contributed by atoms with van der Waals surface area (Å²) >= 11 is 0. The van der Waals surface area contributed by atoms with Gasteiger partial charge >= 0.3 is 5.97 Å². The number of carbonyl (C=O) groups excluding carboxylic acids is 1. The zero-order valence-corrected chi connectivity index (χ0v) is 12.9. The Hall–Kier alpha value is -3.12. The molecule has 0 radical (unpaired) electrons. The van der Waals surface area contributed by atoms with Gasteiger partial charge in [0.1, 0.15) is 5.71 Å².